The van der Waals surface area contributed by atoms with E-state index < -0.39 is 5.69 Å². The quantitative estimate of drug-likeness (QED) is 0.473. The fourth-order valence-electron chi connectivity index (χ4n) is 4.75. The average Bonchev–Trinajstić information content (AvgIpc) is 3.34. The molecule has 8 nitrogen and oxygen atoms in total. The molecule has 9 heteroatoms. The molecular formula is C25H29N5O3S. The highest BCUT2D eigenvalue weighted by Gasteiger charge is 2.32. The van der Waals surface area contributed by atoms with Crippen LogP contribution < -0.4 is 15.7 Å². The van der Waals surface area contributed by atoms with Gasteiger partial charge in [-0.05, 0) is 53.9 Å². The molecule has 34 heavy (non-hydrogen) atoms. The molecule has 3 aromatic heterocycles. The Morgan fingerprint density at radius 2 is 2.15 bits per heavy atom. The van der Waals surface area contributed by atoms with Crippen LogP contribution in [0, 0.1) is 11.3 Å². The van der Waals surface area contributed by atoms with Gasteiger partial charge in [0, 0.05) is 11.4 Å². The van der Waals surface area contributed by atoms with Gasteiger partial charge in [0.2, 0.25) is 5.91 Å². The molecule has 1 aliphatic carbocycles. The Balaban J connectivity index is 1.41. The maximum atomic E-state index is 12.8. The summed E-state index contributed by atoms with van der Waals surface area (Å²) in [7, 11) is 1.60. The van der Waals surface area contributed by atoms with Crippen molar-refractivity contribution in [3.05, 3.63) is 57.1 Å². The van der Waals surface area contributed by atoms with Gasteiger partial charge in [0.25, 0.3) is 0 Å². The van der Waals surface area contributed by atoms with Crippen LogP contribution >= 0.6 is 11.3 Å². The van der Waals surface area contributed by atoms with E-state index in [1.807, 2.05) is 24.3 Å². The van der Waals surface area contributed by atoms with E-state index >= 15 is 0 Å². The first kappa shape index (κ1) is 22.6. The van der Waals surface area contributed by atoms with Crippen molar-refractivity contribution in [1.82, 2.24) is 24.5 Å². The molecule has 0 spiro atoms. The fraction of sp³-hybridized carbons (Fsp3) is 0.440. The third-order valence-corrected chi connectivity index (χ3v) is 7.96. The van der Waals surface area contributed by atoms with E-state index in [9.17, 15) is 9.59 Å². The predicted molar refractivity (Wildman–Crippen MR) is 132 cm³/mol. The summed E-state index contributed by atoms with van der Waals surface area (Å²) in [5.74, 6) is 1.08. The molecule has 0 saturated carbocycles. The first-order chi connectivity index (χ1) is 16.2. The highest BCUT2D eigenvalue weighted by Crippen LogP contribution is 2.43. The number of aryl methyl sites for hydroxylation is 1. The summed E-state index contributed by atoms with van der Waals surface area (Å²) < 4.78 is 8.19. The first-order valence-electron chi connectivity index (χ1n) is 11.5. The van der Waals surface area contributed by atoms with Gasteiger partial charge in [0.05, 0.1) is 12.5 Å². The summed E-state index contributed by atoms with van der Waals surface area (Å²) in [6.07, 6.45) is 4.70. The number of nitrogens with one attached hydrogen (secondary N) is 1. The van der Waals surface area contributed by atoms with Crippen LogP contribution in [0.15, 0.2) is 35.4 Å². The van der Waals surface area contributed by atoms with Crippen LogP contribution in [0.3, 0.4) is 0 Å². The normalized spacial score (nSPS) is 16.1. The molecule has 1 aliphatic rings. The number of rotatable bonds is 5. The molecule has 178 valence electrons. The number of ether oxygens (including phenoxy) is 1. The number of carbonyl (C=O) groups is 1. The monoisotopic (exact) mass is 479 g/mol. The van der Waals surface area contributed by atoms with Crippen molar-refractivity contribution in [3.8, 4) is 5.75 Å². The molecule has 1 amide bonds. The van der Waals surface area contributed by atoms with Crippen LogP contribution in [0.5, 0.6) is 5.75 Å². The van der Waals surface area contributed by atoms with Crippen molar-refractivity contribution >= 4 is 33.1 Å². The van der Waals surface area contributed by atoms with Crippen LogP contribution in [-0.2, 0) is 30.7 Å². The molecule has 0 aliphatic heterocycles. The van der Waals surface area contributed by atoms with Crippen LogP contribution in [-0.4, -0.2) is 32.2 Å². The SMILES string of the molecule is COc1cccc(CNC(=O)Cn2c(=O)nc3c4c5c(sc4ncn32)C[C@H](C(C)(C)C)CC5)c1. The second-order valence-electron chi connectivity index (χ2n) is 9.98. The maximum absolute atomic E-state index is 12.8. The summed E-state index contributed by atoms with van der Waals surface area (Å²) >= 11 is 1.71. The van der Waals surface area contributed by atoms with Crippen LogP contribution in [0.4, 0.5) is 0 Å². The van der Waals surface area contributed by atoms with Gasteiger partial charge >= 0.3 is 5.69 Å². The van der Waals surface area contributed by atoms with Gasteiger partial charge in [-0.25, -0.2) is 19.0 Å². The molecule has 1 N–H and O–H groups in total. The zero-order valence-electron chi connectivity index (χ0n) is 19.9. The van der Waals surface area contributed by atoms with Crippen LogP contribution in [0.2, 0.25) is 0 Å². The summed E-state index contributed by atoms with van der Waals surface area (Å²) in [5, 5.41) is 3.83. The minimum absolute atomic E-state index is 0.129. The van der Waals surface area contributed by atoms with Crippen molar-refractivity contribution in [1.29, 1.82) is 0 Å². The van der Waals surface area contributed by atoms with Gasteiger partial charge < -0.3 is 10.1 Å². The second kappa shape index (κ2) is 8.54. The number of fused-ring (bicyclic) bond motifs is 5. The van der Waals surface area contributed by atoms with Gasteiger partial charge in [-0.1, -0.05) is 32.9 Å². The van der Waals surface area contributed by atoms with E-state index in [2.05, 4.69) is 36.1 Å². The lowest BCUT2D eigenvalue weighted by Crippen LogP contribution is -2.32. The molecule has 4 aromatic rings. The third-order valence-electron chi connectivity index (χ3n) is 6.80. The van der Waals surface area contributed by atoms with Gasteiger partial charge in [-0.15, -0.1) is 11.3 Å². The first-order valence-corrected chi connectivity index (χ1v) is 12.3. The molecular weight excluding hydrogens is 450 g/mol. The van der Waals surface area contributed by atoms with Crippen LogP contribution in [0.25, 0.3) is 15.9 Å². The number of hydrogen-bond acceptors (Lipinski definition) is 6. The Labute approximate surface area is 201 Å². The molecule has 0 bridgehead atoms. The molecule has 5 rings (SSSR count). The summed E-state index contributed by atoms with van der Waals surface area (Å²) in [6, 6.07) is 7.50. The molecule has 0 radical (unpaired) electrons. The largest absolute Gasteiger partial charge is 0.497 e. The van der Waals surface area contributed by atoms with Crippen molar-refractivity contribution in [2.75, 3.05) is 7.11 Å². The highest BCUT2D eigenvalue weighted by atomic mass is 32.1. The number of thiophene rings is 1. The third kappa shape index (κ3) is 4.09. The molecule has 0 saturated heterocycles. The summed E-state index contributed by atoms with van der Waals surface area (Å²) in [6.45, 7) is 7.11. The minimum atomic E-state index is -0.450. The number of methoxy groups -OCH3 is 1. The van der Waals surface area contributed by atoms with Crippen LogP contribution in [0.1, 0.15) is 43.2 Å². The van der Waals surface area contributed by atoms with E-state index in [1.54, 1.807) is 29.3 Å². The molecule has 0 fully saturated rings. The van der Waals surface area contributed by atoms with Gasteiger partial charge in [-0.3, -0.25) is 4.79 Å². The maximum Gasteiger partial charge on any atom is 0.365 e. The average molecular weight is 480 g/mol. The van der Waals surface area contributed by atoms with Gasteiger partial charge in [0.1, 0.15) is 23.5 Å². The van der Waals surface area contributed by atoms with E-state index in [4.69, 9.17) is 4.74 Å². The number of hydrogen-bond donors (Lipinski definition) is 1. The standard InChI is InChI=1S/C25H29N5O3S/c1-25(2,3)16-8-9-18-19(11-16)34-23-21(18)22-28-24(32)29(30(22)14-27-23)13-20(31)26-12-15-6-5-7-17(10-15)33-4/h5-7,10,14,16H,8-9,11-13H2,1-4H3,(H,26,31)/t16-/m1/s1. The van der Waals surface area contributed by atoms with Crippen molar-refractivity contribution < 1.29 is 9.53 Å². The second-order valence-corrected chi connectivity index (χ2v) is 11.1. The minimum Gasteiger partial charge on any atom is -0.497 e. The summed E-state index contributed by atoms with van der Waals surface area (Å²) in [5.41, 5.74) is 2.57. The Kier molecular flexibility index (Phi) is 5.67. The van der Waals surface area contributed by atoms with E-state index in [0.29, 0.717) is 18.1 Å². The lowest BCUT2D eigenvalue weighted by Gasteiger charge is -2.33. The number of carbonyl (C=O) groups excluding carboxylic acids is 1. The lowest BCUT2D eigenvalue weighted by molar-refractivity contribution is -0.122. The number of benzene rings is 1. The van der Waals surface area contributed by atoms with Crippen molar-refractivity contribution in [2.45, 2.75) is 53.1 Å². The van der Waals surface area contributed by atoms with Gasteiger partial charge in [-0.2, -0.15) is 4.98 Å². The number of aromatic nitrogens is 4. The Hall–Kier alpha value is -3.20. The fourth-order valence-corrected chi connectivity index (χ4v) is 6.01. The van der Waals surface area contributed by atoms with E-state index in [1.165, 1.54) is 15.1 Å². The lowest BCUT2D eigenvalue weighted by atomic mass is 9.72. The topological polar surface area (TPSA) is 90.5 Å². The zero-order chi connectivity index (χ0) is 24.0. The van der Waals surface area contributed by atoms with E-state index in [0.717, 1.165) is 40.8 Å². The zero-order valence-corrected chi connectivity index (χ0v) is 20.7. The Morgan fingerprint density at radius 1 is 1.32 bits per heavy atom. The number of nitrogens with zero attached hydrogens (tertiary/aromatic N) is 4. The molecule has 1 atom stereocenters. The Morgan fingerprint density at radius 3 is 2.91 bits per heavy atom. The molecule has 0 unspecified atom stereocenters. The highest BCUT2D eigenvalue weighted by molar-refractivity contribution is 7.19. The van der Waals surface area contributed by atoms with Gasteiger partial charge in [0.15, 0.2) is 5.65 Å². The smallest absolute Gasteiger partial charge is 0.365 e. The Bertz CT molecular complexity index is 1440. The van der Waals surface area contributed by atoms with Crippen molar-refractivity contribution in [3.63, 3.8) is 0 Å². The van der Waals surface area contributed by atoms with Crippen molar-refractivity contribution in [2.24, 2.45) is 11.3 Å². The molecule has 1 aromatic carbocycles. The summed E-state index contributed by atoms with van der Waals surface area (Å²) in [4.78, 5) is 36.6. The molecule has 3 heterocycles. The predicted octanol–water partition coefficient (Wildman–Crippen LogP) is 3.58. The number of amides is 1. The van der Waals surface area contributed by atoms with E-state index in [-0.39, 0.29) is 17.9 Å².